The lowest BCUT2D eigenvalue weighted by Gasteiger charge is -2.44. The van der Waals surface area contributed by atoms with E-state index in [1.165, 1.54) is 0 Å². The van der Waals surface area contributed by atoms with Crippen LogP contribution in [0.1, 0.15) is 39.5 Å². The Balaban J connectivity index is 2.72. The summed E-state index contributed by atoms with van der Waals surface area (Å²) in [6.45, 7) is 4.66. The summed E-state index contributed by atoms with van der Waals surface area (Å²) in [5, 5.41) is 0. The number of halogens is 1. The van der Waals surface area contributed by atoms with E-state index in [-0.39, 0.29) is 0 Å². The van der Waals surface area contributed by atoms with Crippen molar-refractivity contribution in [2.75, 3.05) is 6.61 Å². The normalized spacial score (nSPS) is 24.5. The van der Waals surface area contributed by atoms with Crippen LogP contribution in [0.25, 0.3) is 0 Å². The van der Waals surface area contributed by atoms with Crippen molar-refractivity contribution in [3.05, 3.63) is 32.3 Å². The second kappa shape index (κ2) is 10.4. The molecule has 1 aromatic rings. The third-order valence-corrected chi connectivity index (χ3v) is 4.52. The van der Waals surface area contributed by atoms with E-state index < -0.39 is 83.9 Å². The number of ether oxygens (including phenoxy) is 5. The lowest BCUT2D eigenvalue weighted by Crippen LogP contribution is -2.62. The SMILES string of the molecule is CC(=O)OC[C@@H]1O[C@@H](n2c(F)c(C)c(=O)[nH]c2=O)[C@@H](OC(C)=O)[C@H](OC(C)=O)[C@@H]1OC(C)=O. The van der Waals surface area contributed by atoms with Crippen molar-refractivity contribution in [2.24, 2.45) is 0 Å². The molecule has 0 aliphatic carbocycles. The Kier molecular flexibility index (Phi) is 8.08. The van der Waals surface area contributed by atoms with E-state index in [0.29, 0.717) is 4.57 Å². The lowest BCUT2D eigenvalue weighted by molar-refractivity contribution is -0.270. The van der Waals surface area contributed by atoms with Gasteiger partial charge in [0.1, 0.15) is 12.7 Å². The fourth-order valence-electron chi connectivity index (χ4n) is 3.26. The minimum absolute atomic E-state index is 0.353. The van der Waals surface area contributed by atoms with Gasteiger partial charge in [0.05, 0.1) is 5.56 Å². The van der Waals surface area contributed by atoms with E-state index in [4.69, 9.17) is 23.7 Å². The molecule has 33 heavy (non-hydrogen) atoms. The molecular weight excluding hydrogens is 451 g/mol. The topological polar surface area (TPSA) is 169 Å². The van der Waals surface area contributed by atoms with E-state index in [0.717, 1.165) is 34.6 Å². The zero-order valence-electron chi connectivity index (χ0n) is 18.4. The Labute approximate surface area is 185 Å². The van der Waals surface area contributed by atoms with Crippen molar-refractivity contribution < 1.29 is 47.3 Å². The van der Waals surface area contributed by atoms with Gasteiger partial charge in [0.2, 0.25) is 5.95 Å². The summed E-state index contributed by atoms with van der Waals surface area (Å²) in [6.07, 6.45) is -7.99. The predicted molar refractivity (Wildman–Crippen MR) is 103 cm³/mol. The Morgan fingerprint density at radius 2 is 1.42 bits per heavy atom. The molecule has 0 amide bonds. The average Bonchev–Trinajstić information content (AvgIpc) is 2.68. The molecule has 1 fully saturated rings. The molecule has 0 unspecified atom stereocenters. The van der Waals surface area contributed by atoms with Crippen LogP contribution in [0.5, 0.6) is 0 Å². The Bertz CT molecular complexity index is 1060. The highest BCUT2D eigenvalue weighted by molar-refractivity contribution is 5.68. The number of esters is 4. The number of carbonyl (C=O) groups is 4. The highest BCUT2D eigenvalue weighted by atomic mass is 19.1. The number of hydrogen-bond acceptors (Lipinski definition) is 11. The third kappa shape index (κ3) is 6.03. The number of nitrogens with zero attached hydrogens (tertiary/aromatic N) is 1. The molecule has 1 aliphatic heterocycles. The maximum absolute atomic E-state index is 15.0. The molecule has 0 radical (unpaired) electrons. The largest absolute Gasteiger partial charge is 0.463 e. The standard InChI is InChI=1S/C19H23FN2O11/c1-7-16(20)22(19(28)21-17(7)27)18-15(32-11(5)26)14(31-10(4)25)13(30-9(3)24)12(33-18)6-29-8(2)23/h12-15,18H,6H2,1-5H3,(H,21,27,28)/t12-,13+,14+,15-,18+/m0/s1. The number of aromatic amines is 1. The summed E-state index contributed by atoms with van der Waals surface area (Å²) in [5.41, 5.74) is -2.74. The molecule has 13 nitrogen and oxygen atoms in total. The van der Waals surface area contributed by atoms with E-state index in [9.17, 15) is 28.8 Å². The summed E-state index contributed by atoms with van der Waals surface area (Å²) in [7, 11) is 0. The van der Waals surface area contributed by atoms with Gasteiger partial charge in [-0.2, -0.15) is 4.39 Å². The summed E-state index contributed by atoms with van der Waals surface area (Å²) in [5.74, 6) is -4.74. The number of aromatic nitrogens is 2. The zero-order chi connectivity index (χ0) is 25.0. The van der Waals surface area contributed by atoms with Gasteiger partial charge in [0.25, 0.3) is 5.56 Å². The Morgan fingerprint density at radius 3 is 1.94 bits per heavy atom. The van der Waals surface area contributed by atoms with Crippen molar-refractivity contribution in [1.29, 1.82) is 0 Å². The number of rotatable bonds is 6. The van der Waals surface area contributed by atoms with Crippen molar-refractivity contribution in [3.63, 3.8) is 0 Å². The van der Waals surface area contributed by atoms with E-state index >= 15 is 4.39 Å². The monoisotopic (exact) mass is 474 g/mol. The minimum atomic E-state index is -1.81. The quantitative estimate of drug-likeness (QED) is 0.312. The molecule has 5 atom stereocenters. The van der Waals surface area contributed by atoms with Crippen LogP contribution in [0.2, 0.25) is 0 Å². The van der Waals surface area contributed by atoms with Gasteiger partial charge in [-0.05, 0) is 6.92 Å². The highest BCUT2D eigenvalue weighted by Crippen LogP contribution is 2.34. The first-order valence-electron chi connectivity index (χ1n) is 9.64. The van der Waals surface area contributed by atoms with Crippen LogP contribution >= 0.6 is 0 Å². The van der Waals surface area contributed by atoms with Crippen LogP contribution in [-0.2, 0) is 42.9 Å². The van der Waals surface area contributed by atoms with Crippen LogP contribution in [0.3, 0.4) is 0 Å². The zero-order valence-corrected chi connectivity index (χ0v) is 18.4. The first-order valence-corrected chi connectivity index (χ1v) is 9.64. The Hall–Kier alpha value is -3.55. The average molecular weight is 474 g/mol. The molecule has 2 heterocycles. The van der Waals surface area contributed by atoms with Crippen LogP contribution in [0, 0.1) is 12.9 Å². The van der Waals surface area contributed by atoms with Crippen molar-refractivity contribution >= 4 is 23.9 Å². The van der Waals surface area contributed by atoms with Gasteiger partial charge in [-0.25, -0.2) is 9.36 Å². The fraction of sp³-hybridized carbons (Fsp3) is 0.579. The van der Waals surface area contributed by atoms with E-state index in [1.54, 1.807) is 0 Å². The molecule has 14 heteroatoms. The second-order valence-corrected chi connectivity index (χ2v) is 7.13. The van der Waals surface area contributed by atoms with Crippen molar-refractivity contribution in [1.82, 2.24) is 9.55 Å². The predicted octanol–water partition coefficient (Wildman–Crippen LogP) is -0.760. The summed E-state index contributed by atoms with van der Waals surface area (Å²) in [4.78, 5) is 72.8. The molecule has 0 spiro atoms. The molecule has 2 rings (SSSR count). The van der Waals surface area contributed by atoms with E-state index in [2.05, 4.69) is 0 Å². The van der Waals surface area contributed by atoms with Crippen LogP contribution in [0.15, 0.2) is 9.59 Å². The third-order valence-electron chi connectivity index (χ3n) is 4.52. The molecule has 0 bridgehead atoms. The first-order chi connectivity index (χ1) is 15.3. The number of H-pyrrole nitrogens is 1. The van der Waals surface area contributed by atoms with Gasteiger partial charge in [0, 0.05) is 27.7 Å². The highest BCUT2D eigenvalue weighted by Gasteiger charge is 2.53. The molecule has 0 aromatic carbocycles. The van der Waals surface area contributed by atoms with E-state index in [1.807, 2.05) is 4.98 Å². The van der Waals surface area contributed by atoms with Gasteiger partial charge >= 0.3 is 29.6 Å². The lowest BCUT2D eigenvalue weighted by atomic mass is 9.97. The van der Waals surface area contributed by atoms with Crippen LogP contribution < -0.4 is 11.2 Å². The van der Waals surface area contributed by atoms with Crippen LogP contribution in [0.4, 0.5) is 4.39 Å². The molecule has 1 N–H and O–H groups in total. The number of hydrogen-bond donors (Lipinski definition) is 1. The molecule has 1 saturated heterocycles. The minimum Gasteiger partial charge on any atom is -0.463 e. The molecule has 0 saturated carbocycles. The van der Waals surface area contributed by atoms with Gasteiger partial charge in [0.15, 0.2) is 24.5 Å². The summed E-state index contributed by atoms with van der Waals surface area (Å²) >= 11 is 0. The second-order valence-electron chi connectivity index (χ2n) is 7.13. The smallest absolute Gasteiger partial charge is 0.332 e. The van der Waals surface area contributed by atoms with Gasteiger partial charge in [-0.15, -0.1) is 0 Å². The number of carbonyl (C=O) groups excluding carboxylic acids is 4. The molecular formula is C19H23FN2O11. The van der Waals surface area contributed by atoms with Gasteiger partial charge < -0.3 is 23.7 Å². The van der Waals surface area contributed by atoms with Crippen molar-refractivity contribution in [2.45, 2.75) is 65.3 Å². The molecule has 1 aliphatic rings. The first kappa shape index (κ1) is 25.7. The van der Waals surface area contributed by atoms with Crippen LogP contribution in [-0.4, -0.2) is 64.5 Å². The molecule has 1 aromatic heterocycles. The summed E-state index contributed by atoms with van der Waals surface area (Å²) in [6, 6.07) is 0. The summed E-state index contributed by atoms with van der Waals surface area (Å²) < 4.78 is 41.5. The maximum Gasteiger partial charge on any atom is 0.332 e. The van der Waals surface area contributed by atoms with Gasteiger partial charge in [-0.3, -0.25) is 29.0 Å². The maximum atomic E-state index is 15.0. The van der Waals surface area contributed by atoms with Crippen molar-refractivity contribution in [3.8, 4) is 0 Å². The number of nitrogens with one attached hydrogen (secondary N) is 1. The van der Waals surface area contributed by atoms with Gasteiger partial charge in [-0.1, -0.05) is 0 Å². The molecule has 182 valence electrons. The fourth-order valence-corrected chi connectivity index (χ4v) is 3.26. The Morgan fingerprint density at radius 1 is 0.909 bits per heavy atom.